The SMILES string of the molecule is Cc1c(-c2cc3ccccc3n2CC2CC2)sc2cc(C(=O)N3CCC[C@@H](NC(=O)O)C3)cc(CO)c12. The van der Waals surface area contributed by atoms with E-state index in [9.17, 15) is 14.7 Å². The van der Waals surface area contributed by atoms with Gasteiger partial charge in [0.05, 0.1) is 17.2 Å². The molecule has 6 rings (SSSR count). The number of hydrogen-bond donors (Lipinski definition) is 3. The highest BCUT2D eigenvalue weighted by Crippen LogP contribution is 2.43. The molecule has 2 aromatic carbocycles. The van der Waals surface area contributed by atoms with E-state index in [1.165, 1.54) is 34.3 Å². The Balaban J connectivity index is 1.40. The van der Waals surface area contributed by atoms with Crippen molar-refractivity contribution in [3.63, 3.8) is 0 Å². The molecule has 37 heavy (non-hydrogen) atoms. The highest BCUT2D eigenvalue weighted by atomic mass is 32.1. The van der Waals surface area contributed by atoms with Gasteiger partial charge in [-0.2, -0.15) is 0 Å². The van der Waals surface area contributed by atoms with Gasteiger partial charge in [0.15, 0.2) is 0 Å². The summed E-state index contributed by atoms with van der Waals surface area (Å²) in [5.74, 6) is 0.606. The van der Waals surface area contributed by atoms with Crippen molar-refractivity contribution in [1.29, 1.82) is 0 Å². The number of rotatable bonds is 6. The summed E-state index contributed by atoms with van der Waals surface area (Å²) in [6.07, 6.45) is 2.95. The van der Waals surface area contributed by atoms with E-state index in [4.69, 9.17) is 5.11 Å². The number of thiophene rings is 1. The van der Waals surface area contributed by atoms with E-state index in [0.29, 0.717) is 18.7 Å². The van der Waals surface area contributed by atoms with Gasteiger partial charge in [-0.1, -0.05) is 18.2 Å². The molecule has 1 atom stereocenters. The average Bonchev–Trinajstić information content (AvgIpc) is 3.56. The molecule has 2 amide bonds. The van der Waals surface area contributed by atoms with Crippen LogP contribution in [0.4, 0.5) is 4.79 Å². The summed E-state index contributed by atoms with van der Waals surface area (Å²) in [4.78, 5) is 27.5. The van der Waals surface area contributed by atoms with Crippen LogP contribution in [0.5, 0.6) is 0 Å². The number of aliphatic hydroxyl groups excluding tert-OH is 1. The van der Waals surface area contributed by atoms with Crippen molar-refractivity contribution in [2.45, 2.75) is 51.8 Å². The molecule has 1 saturated heterocycles. The number of carboxylic acid groups (broad SMARTS) is 1. The maximum Gasteiger partial charge on any atom is 0.404 e. The molecule has 0 spiro atoms. The normalized spacial score (nSPS) is 18.0. The van der Waals surface area contributed by atoms with Gasteiger partial charge in [0.25, 0.3) is 5.91 Å². The fraction of sp³-hybridized carbons (Fsp3) is 0.379. The minimum Gasteiger partial charge on any atom is -0.465 e. The Hall–Kier alpha value is -3.36. The highest BCUT2D eigenvalue weighted by Gasteiger charge is 2.28. The van der Waals surface area contributed by atoms with E-state index in [0.717, 1.165) is 46.5 Å². The van der Waals surface area contributed by atoms with Crippen LogP contribution in [0.2, 0.25) is 0 Å². The van der Waals surface area contributed by atoms with Crippen molar-refractivity contribution in [2.24, 2.45) is 5.92 Å². The molecule has 3 heterocycles. The molecule has 0 bridgehead atoms. The molecule has 4 aromatic rings. The summed E-state index contributed by atoms with van der Waals surface area (Å²) in [6, 6.07) is 14.3. The second kappa shape index (κ2) is 9.50. The number of nitrogens with one attached hydrogen (secondary N) is 1. The first-order chi connectivity index (χ1) is 17.9. The molecule has 0 unspecified atom stereocenters. The molecule has 0 radical (unpaired) electrons. The number of likely N-dealkylation sites (tertiary alicyclic amines) is 1. The van der Waals surface area contributed by atoms with Crippen LogP contribution < -0.4 is 5.32 Å². The second-order valence-electron chi connectivity index (χ2n) is 10.4. The van der Waals surface area contributed by atoms with Crippen molar-refractivity contribution in [2.75, 3.05) is 13.1 Å². The number of aryl methyl sites for hydroxylation is 1. The lowest BCUT2D eigenvalue weighted by molar-refractivity contribution is 0.0692. The summed E-state index contributed by atoms with van der Waals surface area (Å²) in [5, 5.41) is 24.1. The molecule has 1 aliphatic heterocycles. The Kier molecular flexibility index (Phi) is 6.16. The number of aromatic nitrogens is 1. The summed E-state index contributed by atoms with van der Waals surface area (Å²) < 4.78 is 3.43. The third kappa shape index (κ3) is 4.49. The van der Waals surface area contributed by atoms with Gasteiger partial charge in [-0.05, 0) is 73.9 Å². The number of carbonyl (C=O) groups excluding carboxylic acids is 1. The first kappa shape index (κ1) is 24.0. The number of amides is 2. The Morgan fingerprint density at radius 2 is 1.95 bits per heavy atom. The van der Waals surface area contributed by atoms with Gasteiger partial charge in [-0.3, -0.25) is 4.79 Å². The fourth-order valence-electron chi connectivity index (χ4n) is 5.76. The van der Waals surface area contributed by atoms with Crippen molar-refractivity contribution in [3.05, 3.63) is 59.2 Å². The molecular weight excluding hydrogens is 486 g/mol. The van der Waals surface area contributed by atoms with Crippen LogP contribution in [0.15, 0.2) is 42.5 Å². The standard InChI is InChI=1S/C29H31N3O4S/c1-17-26-21(16-33)11-20(28(34)31-10-4-6-22(15-31)30-29(35)36)13-25(26)37-27(17)24-12-19-5-2-3-7-23(19)32(24)14-18-8-9-18/h2-3,5,7,11-13,18,22,30,33H,4,6,8-10,14-16H2,1H3,(H,35,36)/t22-/m1/s1. The smallest absolute Gasteiger partial charge is 0.404 e. The second-order valence-corrected chi connectivity index (χ2v) is 11.5. The van der Waals surface area contributed by atoms with Gasteiger partial charge in [0, 0.05) is 52.2 Å². The van der Waals surface area contributed by atoms with Crippen molar-refractivity contribution < 1.29 is 19.8 Å². The van der Waals surface area contributed by atoms with Crippen LogP contribution in [0.1, 0.15) is 47.2 Å². The fourth-order valence-corrected chi connectivity index (χ4v) is 7.08. The molecule has 3 N–H and O–H groups in total. The molecule has 192 valence electrons. The number of hydrogen-bond acceptors (Lipinski definition) is 4. The topological polar surface area (TPSA) is 94.8 Å². The monoisotopic (exact) mass is 517 g/mol. The van der Waals surface area contributed by atoms with E-state index in [1.807, 2.05) is 12.1 Å². The van der Waals surface area contributed by atoms with Gasteiger partial charge in [0.2, 0.25) is 0 Å². The van der Waals surface area contributed by atoms with Gasteiger partial charge in [-0.25, -0.2) is 4.79 Å². The largest absolute Gasteiger partial charge is 0.465 e. The predicted octanol–water partition coefficient (Wildman–Crippen LogP) is 5.61. The van der Waals surface area contributed by atoms with Gasteiger partial charge in [0.1, 0.15) is 0 Å². The van der Waals surface area contributed by atoms with Gasteiger partial charge >= 0.3 is 6.09 Å². The summed E-state index contributed by atoms with van der Waals surface area (Å²) in [5.41, 5.74) is 4.87. The Morgan fingerprint density at radius 3 is 2.70 bits per heavy atom. The van der Waals surface area contributed by atoms with E-state index in [1.54, 1.807) is 16.2 Å². The zero-order valence-electron chi connectivity index (χ0n) is 20.9. The van der Waals surface area contributed by atoms with E-state index >= 15 is 0 Å². The molecule has 7 nitrogen and oxygen atoms in total. The first-order valence-corrected chi connectivity index (χ1v) is 13.8. The lowest BCUT2D eigenvalue weighted by atomic mass is 10.00. The predicted molar refractivity (Wildman–Crippen MR) is 146 cm³/mol. The summed E-state index contributed by atoms with van der Waals surface area (Å²) >= 11 is 1.68. The van der Waals surface area contributed by atoms with Crippen LogP contribution in [0.3, 0.4) is 0 Å². The van der Waals surface area contributed by atoms with Crippen LogP contribution in [-0.4, -0.2) is 50.8 Å². The number of benzene rings is 2. The van der Waals surface area contributed by atoms with Crippen LogP contribution >= 0.6 is 11.3 Å². The molecule has 1 saturated carbocycles. The summed E-state index contributed by atoms with van der Waals surface area (Å²) in [7, 11) is 0. The van der Waals surface area contributed by atoms with Crippen LogP contribution in [0, 0.1) is 12.8 Å². The number of nitrogens with zero attached hydrogens (tertiary/aromatic N) is 2. The zero-order valence-corrected chi connectivity index (χ0v) is 21.7. The summed E-state index contributed by atoms with van der Waals surface area (Å²) in [6.45, 7) is 3.92. The molecule has 1 aliphatic carbocycles. The first-order valence-electron chi connectivity index (χ1n) is 13.0. The maximum absolute atomic E-state index is 13.5. The van der Waals surface area contributed by atoms with Gasteiger partial charge in [-0.15, -0.1) is 11.3 Å². The Morgan fingerprint density at radius 1 is 1.14 bits per heavy atom. The average molecular weight is 518 g/mol. The van der Waals surface area contributed by atoms with E-state index in [-0.39, 0.29) is 18.6 Å². The third-order valence-corrected chi connectivity index (χ3v) is 9.01. The maximum atomic E-state index is 13.5. The number of carbonyl (C=O) groups is 2. The lowest BCUT2D eigenvalue weighted by Gasteiger charge is -2.32. The van der Waals surface area contributed by atoms with Crippen molar-refractivity contribution in [3.8, 4) is 10.6 Å². The number of para-hydroxylation sites is 1. The number of aliphatic hydroxyl groups is 1. The highest BCUT2D eigenvalue weighted by molar-refractivity contribution is 7.22. The third-order valence-electron chi connectivity index (χ3n) is 7.75. The van der Waals surface area contributed by atoms with Gasteiger partial charge < -0.3 is 25.0 Å². The van der Waals surface area contributed by atoms with E-state index < -0.39 is 6.09 Å². The Labute approximate surface area is 219 Å². The quantitative estimate of drug-likeness (QED) is 0.310. The minimum atomic E-state index is -1.07. The minimum absolute atomic E-state index is 0.121. The number of fused-ring (bicyclic) bond motifs is 2. The molecule has 2 aliphatic rings. The molecule has 8 heteroatoms. The van der Waals surface area contributed by atoms with Crippen molar-refractivity contribution in [1.82, 2.24) is 14.8 Å². The van der Waals surface area contributed by atoms with E-state index in [2.05, 4.69) is 47.1 Å². The molecule has 2 aromatic heterocycles. The van der Waals surface area contributed by atoms with Crippen LogP contribution in [0.25, 0.3) is 31.6 Å². The molecule has 2 fully saturated rings. The van der Waals surface area contributed by atoms with Crippen LogP contribution in [-0.2, 0) is 13.2 Å². The lowest BCUT2D eigenvalue weighted by Crippen LogP contribution is -2.49. The number of piperidine rings is 1. The molecular formula is C29H31N3O4S. The van der Waals surface area contributed by atoms with Crippen molar-refractivity contribution >= 4 is 44.3 Å². The Bertz CT molecular complexity index is 1520. The zero-order chi connectivity index (χ0) is 25.7.